The second-order valence-corrected chi connectivity index (χ2v) is 6.85. The van der Waals surface area contributed by atoms with Gasteiger partial charge < -0.3 is 5.11 Å². The van der Waals surface area contributed by atoms with Crippen molar-refractivity contribution in [1.29, 1.82) is 0 Å². The van der Waals surface area contributed by atoms with Gasteiger partial charge in [0, 0.05) is 11.6 Å². The van der Waals surface area contributed by atoms with E-state index in [2.05, 4.69) is 0 Å². The number of carboxylic acid groups (broad SMARTS) is 1. The van der Waals surface area contributed by atoms with Crippen LogP contribution in [0.25, 0.3) is 0 Å². The maximum atomic E-state index is 12.2. The second-order valence-electron chi connectivity index (χ2n) is 4.49. The lowest BCUT2D eigenvalue weighted by Gasteiger charge is -2.20. The van der Waals surface area contributed by atoms with E-state index in [1.807, 2.05) is 0 Å². The number of hydrogen-bond donors (Lipinski definition) is 1. The van der Waals surface area contributed by atoms with E-state index in [9.17, 15) is 13.2 Å². The summed E-state index contributed by atoms with van der Waals surface area (Å²) in [5.41, 5.74) is 0.559. The normalized spacial score (nSPS) is 20.6. The molecule has 1 aliphatic rings. The summed E-state index contributed by atoms with van der Waals surface area (Å²) in [4.78, 5) is 11.0. The van der Waals surface area contributed by atoms with Crippen LogP contribution in [-0.4, -0.2) is 36.4 Å². The molecule has 1 aromatic rings. The highest BCUT2D eigenvalue weighted by molar-refractivity contribution is 7.88. The molecule has 0 saturated carbocycles. The minimum absolute atomic E-state index is 0.225. The van der Waals surface area contributed by atoms with Crippen molar-refractivity contribution in [3.63, 3.8) is 0 Å². The van der Waals surface area contributed by atoms with Crippen LogP contribution in [0.2, 0.25) is 5.02 Å². The molecule has 0 amide bonds. The summed E-state index contributed by atoms with van der Waals surface area (Å²) in [5.74, 6) is -1.32. The molecule has 104 valence electrons. The number of nitrogens with zero attached hydrogens (tertiary/aromatic N) is 1. The number of halogens is 1. The van der Waals surface area contributed by atoms with Gasteiger partial charge in [-0.1, -0.05) is 23.7 Å². The van der Waals surface area contributed by atoms with Crippen LogP contribution in [0.3, 0.4) is 0 Å². The summed E-state index contributed by atoms with van der Waals surface area (Å²) in [5, 5.41) is 9.49. The molecule has 0 aromatic heterocycles. The van der Waals surface area contributed by atoms with Crippen molar-refractivity contribution in [2.24, 2.45) is 0 Å². The van der Waals surface area contributed by atoms with Crippen molar-refractivity contribution in [2.75, 3.05) is 6.54 Å². The number of hydrogen-bond acceptors (Lipinski definition) is 3. The first kappa shape index (κ1) is 14.3. The van der Waals surface area contributed by atoms with Crippen LogP contribution < -0.4 is 0 Å². The van der Waals surface area contributed by atoms with E-state index in [-0.39, 0.29) is 12.3 Å². The summed E-state index contributed by atoms with van der Waals surface area (Å²) in [6.07, 6.45) is 0.940. The quantitative estimate of drug-likeness (QED) is 0.919. The molecular formula is C12H14ClNO4S. The Kier molecular flexibility index (Phi) is 4.13. The Morgan fingerprint density at radius 1 is 1.47 bits per heavy atom. The highest BCUT2D eigenvalue weighted by Gasteiger charge is 2.38. The van der Waals surface area contributed by atoms with Crippen LogP contribution in [0.1, 0.15) is 18.4 Å². The Morgan fingerprint density at radius 2 is 2.21 bits per heavy atom. The van der Waals surface area contributed by atoms with Crippen molar-refractivity contribution < 1.29 is 18.3 Å². The third kappa shape index (κ3) is 3.26. The van der Waals surface area contributed by atoms with E-state index in [0.29, 0.717) is 23.4 Å². The van der Waals surface area contributed by atoms with Crippen LogP contribution in [0.15, 0.2) is 24.3 Å². The molecule has 0 spiro atoms. The Labute approximate surface area is 116 Å². The lowest BCUT2D eigenvalue weighted by molar-refractivity contribution is -0.140. The van der Waals surface area contributed by atoms with Gasteiger partial charge in [-0.05, 0) is 30.5 Å². The van der Waals surface area contributed by atoms with Gasteiger partial charge in [0.2, 0.25) is 10.0 Å². The zero-order valence-electron chi connectivity index (χ0n) is 10.1. The average Bonchev–Trinajstić information content (AvgIpc) is 2.77. The van der Waals surface area contributed by atoms with Crippen LogP contribution >= 0.6 is 11.6 Å². The third-order valence-electron chi connectivity index (χ3n) is 3.08. The van der Waals surface area contributed by atoms with Crippen LogP contribution in [-0.2, 0) is 20.6 Å². The topological polar surface area (TPSA) is 74.7 Å². The Hall–Kier alpha value is -1.11. The van der Waals surface area contributed by atoms with Crippen molar-refractivity contribution in [1.82, 2.24) is 4.31 Å². The van der Waals surface area contributed by atoms with Gasteiger partial charge in [-0.2, -0.15) is 4.31 Å². The summed E-state index contributed by atoms with van der Waals surface area (Å²) < 4.78 is 25.6. The van der Waals surface area contributed by atoms with Gasteiger partial charge in [-0.25, -0.2) is 8.42 Å². The molecule has 2 rings (SSSR count). The minimum Gasteiger partial charge on any atom is -0.480 e. The number of rotatable bonds is 4. The zero-order chi connectivity index (χ0) is 14.0. The number of benzene rings is 1. The molecule has 5 nitrogen and oxygen atoms in total. The van der Waals surface area contributed by atoms with Crippen molar-refractivity contribution in [2.45, 2.75) is 24.6 Å². The number of aliphatic carboxylic acids is 1. The Bertz CT molecular complexity index is 587. The largest absolute Gasteiger partial charge is 0.480 e. The maximum absolute atomic E-state index is 12.2. The van der Waals surface area contributed by atoms with Gasteiger partial charge in [0.1, 0.15) is 6.04 Å². The lowest BCUT2D eigenvalue weighted by Crippen LogP contribution is -2.40. The van der Waals surface area contributed by atoms with E-state index in [1.165, 1.54) is 0 Å². The number of carboxylic acids is 1. The molecule has 1 atom stereocenters. The van der Waals surface area contributed by atoms with Crippen molar-refractivity contribution in [3.8, 4) is 0 Å². The molecule has 1 aliphatic heterocycles. The minimum atomic E-state index is -3.63. The van der Waals surface area contributed by atoms with Gasteiger partial charge in [-0.3, -0.25) is 4.79 Å². The lowest BCUT2D eigenvalue weighted by atomic mass is 10.2. The van der Waals surface area contributed by atoms with Crippen molar-refractivity contribution >= 4 is 27.6 Å². The molecule has 1 N–H and O–H groups in total. The van der Waals surface area contributed by atoms with Crippen LogP contribution in [0.5, 0.6) is 0 Å². The highest BCUT2D eigenvalue weighted by atomic mass is 35.5. The van der Waals surface area contributed by atoms with Gasteiger partial charge in [0.05, 0.1) is 5.75 Å². The highest BCUT2D eigenvalue weighted by Crippen LogP contribution is 2.24. The van der Waals surface area contributed by atoms with Gasteiger partial charge in [-0.15, -0.1) is 0 Å². The van der Waals surface area contributed by atoms with Gasteiger partial charge in [0.15, 0.2) is 0 Å². The SMILES string of the molecule is O=C(O)C1CCCN1S(=O)(=O)Cc1cccc(Cl)c1. The first-order valence-corrected chi connectivity index (χ1v) is 7.85. The molecule has 0 aliphatic carbocycles. The molecule has 1 fully saturated rings. The smallest absolute Gasteiger partial charge is 0.322 e. The molecule has 19 heavy (non-hydrogen) atoms. The van der Waals surface area contributed by atoms with Crippen LogP contribution in [0, 0.1) is 0 Å². The first-order valence-electron chi connectivity index (χ1n) is 5.87. The summed E-state index contributed by atoms with van der Waals surface area (Å²) >= 11 is 5.81. The summed E-state index contributed by atoms with van der Waals surface area (Å²) in [7, 11) is -3.63. The van der Waals surface area contributed by atoms with Gasteiger partial charge >= 0.3 is 5.97 Å². The van der Waals surface area contributed by atoms with E-state index in [4.69, 9.17) is 16.7 Å². The van der Waals surface area contributed by atoms with E-state index >= 15 is 0 Å². The Morgan fingerprint density at radius 3 is 2.84 bits per heavy atom. The second kappa shape index (κ2) is 5.48. The molecule has 1 unspecified atom stereocenters. The maximum Gasteiger partial charge on any atom is 0.322 e. The Balaban J connectivity index is 2.21. The number of carbonyl (C=O) groups is 1. The third-order valence-corrected chi connectivity index (χ3v) is 5.17. The van der Waals surface area contributed by atoms with Crippen LogP contribution in [0.4, 0.5) is 0 Å². The van der Waals surface area contributed by atoms with E-state index in [1.54, 1.807) is 24.3 Å². The fourth-order valence-electron chi connectivity index (χ4n) is 2.24. The monoisotopic (exact) mass is 303 g/mol. The molecule has 1 aromatic carbocycles. The van der Waals surface area contributed by atoms with Crippen molar-refractivity contribution in [3.05, 3.63) is 34.9 Å². The molecule has 0 radical (unpaired) electrons. The summed E-state index contributed by atoms with van der Waals surface area (Å²) in [6.45, 7) is 0.264. The summed E-state index contributed by atoms with van der Waals surface area (Å²) in [6, 6.07) is 5.63. The number of sulfonamides is 1. The van der Waals surface area contributed by atoms with E-state index < -0.39 is 22.0 Å². The predicted molar refractivity (Wildman–Crippen MR) is 71.4 cm³/mol. The fraction of sp³-hybridized carbons (Fsp3) is 0.417. The standard InChI is InChI=1S/C12H14ClNO4S/c13-10-4-1-3-9(7-10)8-19(17,18)14-6-2-5-11(14)12(15)16/h1,3-4,7,11H,2,5-6,8H2,(H,15,16). The predicted octanol–water partition coefficient (Wildman–Crippen LogP) is 1.72. The zero-order valence-corrected chi connectivity index (χ0v) is 11.7. The first-order chi connectivity index (χ1) is 8.90. The molecule has 7 heteroatoms. The van der Waals surface area contributed by atoms with Gasteiger partial charge in [0.25, 0.3) is 0 Å². The van der Waals surface area contributed by atoms with E-state index in [0.717, 1.165) is 4.31 Å². The molecule has 1 saturated heterocycles. The average molecular weight is 304 g/mol. The fourth-order valence-corrected chi connectivity index (χ4v) is 4.21. The molecular weight excluding hydrogens is 290 g/mol. The molecule has 0 bridgehead atoms. The molecule has 1 heterocycles.